The lowest BCUT2D eigenvalue weighted by atomic mass is 10.0. The van der Waals surface area contributed by atoms with E-state index in [1.54, 1.807) is 6.26 Å². The highest BCUT2D eigenvalue weighted by atomic mass is 32.2. The van der Waals surface area contributed by atoms with E-state index in [0.717, 1.165) is 11.8 Å². The second-order valence-electron chi connectivity index (χ2n) is 3.50. The van der Waals surface area contributed by atoms with Crippen molar-refractivity contribution in [3.05, 3.63) is 29.3 Å². The third-order valence-corrected chi connectivity index (χ3v) is 3.05. The predicted octanol–water partition coefficient (Wildman–Crippen LogP) is 2.95. The van der Waals surface area contributed by atoms with E-state index in [0.29, 0.717) is 0 Å². The zero-order valence-corrected chi connectivity index (χ0v) is 9.78. The molecule has 0 bridgehead atoms. The molecule has 0 fully saturated rings. The first kappa shape index (κ1) is 13.0. The maximum Gasteiger partial charge on any atom is 0.306 e. The van der Waals surface area contributed by atoms with Crippen molar-refractivity contribution in [2.45, 2.75) is 18.2 Å². The fraction of sp³-hybridized carbons (Fsp3) is 0.364. The fourth-order valence-corrected chi connectivity index (χ4v) is 1.78. The van der Waals surface area contributed by atoms with Gasteiger partial charge in [0.15, 0.2) is 11.6 Å². The molecule has 1 unspecified atom stereocenters. The first-order valence-electron chi connectivity index (χ1n) is 4.71. The molecule has 1 rings (SSSR count). The quantitative estimate of drug-likeness (QED) is 0.830. The topological polar surface area (TPSA) is 37.3 Å². The summed E-state index contributed by atoms with van der Waals surface area (Å²) in [5.41, 5.74) is 0.102. The van der Waals surface area contributed by atoms with Crippen LogP contribution in [0.3, 0.4) is 0 Å². The zero-order chi connectivity index (χ0) is 12.3. The Labute approximate surface area is 96.7 Å². The predicted molar refractivity (Wildman–Crippen MR) is 58.6 cm³/mol. The van der Waals surface area contributed by atoms with Gasteiger partial charge in [0.05, 0.1) is 5.92 Å². The van der Waals surface area contributed by atoms with Crippen LogP contribution in [0.2, 0.25) is 0 Å². The maximum absolute atomic E-state index is 13.5. The van der Waals surface area contributed by atoms with E-state index in [9.17, 15) is 13.6 Å². The molecule has 0 aromatic heterocycles. The number of rotatable bonds is 4. The first-order valence-corrected chi connectivity index (χ1v) is 5.93. The number of carboxylic acids is 1. The summed E-state index contributed by atoms with van der Waals surface area (Å²) in [6.07, 6.45) is 1.64. The maximum atomic E-state index is 13.5. The van der Waals surface area contributed by atoms with Crippen LogP contribution in [-0.4, -0.2) is 17.3 Å². The minimum Gasteiger partial charge on any atom is -0.481 e. The molecule has 0 aliphatic heterocycles. The number of carbonyl (C=O) groups is 1. The van der Waals surface area contributed by atoms with E-state index in [1.807, 2.05) is 0 Å². The van der Waals surface area contributed by atoms with Gasteiger partial charge >= 0.3 is 5.97 Å². The number of carboxylic acid groups (broad SMARTS) is 1. The first-order chi connectivity index (χ1) is 7.47. The van der Waals surface area contributed by atoms with Gasteiger partial charge in [0.25, 0.3) is 0 Å². The third kappa shape index (κ3) is 2.72. The molecule has 1 aromatic carbocycles. The van der Waals surface area contributed by atoms with Crippen molar-refractivity contribution in [2.24, 2.45) is 5.92 Å². The lowest BCUT2D eigenvalue weighted by Crippen LogP contribution is -2.13. The Morgan fingerprint density at radius 2 is 2.06 bits per heavy atom. The molecule has 0 saturated carbocycles. The van der Waals surface area contributed by atoms with Crippen LogP contribution in [0, 0.1) is 17.6 Å². The van der Waals surface area contributed by atoms with Gasteiger partial charge in [0.1, 0.15) is 0 Å². The highest BCUT2D eigenvalue weighted by Crippen LogP contribution is 2.25. The Kier molecular flexibility index (Phi) is 4.29. The highest BCUT2D eigenvalue weighted by Gasteiger charge is 2.18. The SMILES string of the molecule is CSc1ccc(CC(C)C(=O)O)c(F)c1F. The van der Waals surface area contributed by atoms with Gasteiger partial charge in [-0.05, 0) is 24.3 Å². The molecular weight excluding hydrogens is 234 g/mol. The summed E-state index contributed by atoms with van der Waals surface area (Å²) in [5.74, 6) is -3.59. The van der Waals surface area contributed by atoms with Crippen molar-refractivity contribution in [3.63, 3.8) is 0 Å². The number of hydrogen-bond acceptors (Lipinski definition) is 2. The van der Waals surface area contributed by atoms with Crippen LogP contribution in [0.4, 0.5) is 8.78 Å². The molecule has 0 saturated heterocycles. The van der Waals surface area contributed by atoms with Gasteiger partial charge in [-0.15, -0.1) is 11.8 Å². The summed E-state index contributed by atoms with van der Waals surface area (Å²) < 4.78 is 26.9. The molecule has 16 heavy (non-hydrogen) atoms. The minimum atomic E-state index is -1.02. The van der Waals surface area contributed by atoms with Crippen molar-refractivity contribution >= 4 is 17.7 Å². The molecule has 0 aliphatic carbocycles. The number of aliphatic carboxylic acids is 1. The van der Waals surface area contributed by atoms with E-state index in [-0.39, 0.29) is 16.9 Å². The van der Waals surface area contributed by atoms with Gasteiger partial charge in [0, 0.05) is 4.90 Å². The standard InChI is InChI=1S/C11H12F2O2S/c1-6(11(14)15)5-7-3-4-8(16-2)10(13)9(7)12/h3-4,6H,5H2,1-2H3,(H,14,15). The van der Waals surface area contributed by atoms with Crippen LogP contribution in [0.1, 0.15) is 12.5 Å². The smallest absolute Gasteiger partial charge is 0.306 e. The highest BCUT2D eigenvalue weighted by molar-refractivity contribution is 7.98. The Bertz CT molecular complexity index is 407. The normalized spacial score (nSPS) is 12.5. The summed E-state index contributed by atoms with van der Waals surface area (Å²) in [7, 11) is 0. The van der Waals surface area contributed by atoms with Crippen LogP contribution in [-0.2, 0) is 11.2 Å². The number of hydrogen-bond donors (Lipinski definition) is 1. The lowest BCUT2D eigenvalue weighted by Gasteiger charge is -2.09. The summed E-state index contributed by atoms with van der Waals surface area (Å²) >= 11 is 1.11. The van der Waals surface area contributed by atoms with Gasteiger partial charge in [-0.3, -0.25) is 4.79 Å². The van der Waals surface area contributed by atoms with Gasteiger partial charge in [-0.1, -0.05) is 13.0 Å². The van der Waals surface area contributed by atoms with E-state index >= 15 is 0 Å². The molecule has 0 aliphatic rings. The second kappa shape index (κ2) is 5.30. The summed E-state index contributed by atoms with van der Waals surface area (Å²) in [6, 6.07) is 2.90. The summed E-state index contributed by atoms with van der Waals surface area (Å²) in [6.45, 7) is 1.46. The van der Waals surface area contributed by atoms with Gasteiger partial charge in [0.2, 0.25) is 0 Å². The van der Waals surface area contributed by atoms with Crippen molar-refractivity contribution in [1.29, 1.82) is 0 Å². The Hall–Kier alpha value is -1.10. The zero-order valence-electron chi connectivity index (χ0n) is 8.96. The Balaban J connectivity index is 2.99. The van der Waals surface area contributed by atoms with E-state index < -0.39 is 23.5 Å². The molecular formula is C11H12F2O2S. The summed E-state index contributed by atoms with van der Waals surface area (Å²) in [5, 5.41) is 8.68. The lowest BCUT2D eigenvalue weighted by molar-refractivity contribution is -0.141. The molecule has 1 N–H and O–H groups in total. The largest absolute Gasteiger partial charge is 0.481 e. The Morgan fingerprint density at radius 3 is 2.56 bits per heavy atom. The molecule has 5 heteroatoms. The van der Waals surface area contributed by atoms with Crippen molar-refractivity contribution in [2.75, 3.05) is 6.26 Å². The molecule has 0 spiro atoms. The average molecular weight is 246 g/mol. The van der Waals surface area contributed by atoms with Gasteiger partial charge in [-0.25, -0.2) is 8.78 Å². The second-order valence-corrected chi connectivity index (χ2v) is 4.35. The molecule has 88 valence electrons. The molecule has 1 aromatic rings. The molecule has 1 atom stereocenters. The van der Waals surface area contributed by atoms with E-state index in [1.165, 1.54) is 19.1 Å². The molecule has 0 heterocycles. The van der Waals surface area contributed by atoms with Crippen LogP contribution < -0.4 is 0 Å². The average Bonchev–Trinajstić information content (AvgIpc) is 2.25. The number of halogens is 2. The van der Waals surface area contributed by atoms with Crippen molar-refractivity contribution in [1.82, 2.24) is 0 Å². The molecule has 2 nitrogen and oxygen atoms in total. The Morgan fingerprint density at radius 1 is 1.44 bits per heavy atom. The van der Waals surface area contributed by atoms with E-state index in [4.69, 9.17) is 5.11 Å². The van der Waals surface area contributed by atoms with Crippen molar-refractivity contribution < 1.29 is 18.7 Å². The fourth-order valence-electron chi connectivity index (χ4n) is 1.30. The van der Waals surface area contributed by atoms with Crippen LogP contribution in [0.5, 0.6) is 0 Å². The minimum absolute atomic E-state index is 0.00719. The van der Waals surface area contributed by atoms with Crippen LogP contribution in [0.25, 0.3) is 0 Å². The molecule has 0 amide bonds. The monoisotopic (exact) mass is 246 g/mol. The third-order valence-electron chi connectivity index (χ3n) is 2.29. The van der Waals surface area contributed by atoms with Crippen LogP contribution >= 0.6 is 11.8 Å². The number of thioether (sulfide) groups is 1. The van der Waals surface area contributed by atoms with Gasteiger partial charge < -0.3 is 5.11 Å². The van der Waals surface area contributed by atoms with E-state index in [2.05, 4.69) is 0 Å². The van der Waals surface area contributed by atoms with Crippen LogP contribution in [0.15, 0.2) is 17.0 Å². The van der Waals surface area contributed by atoms with Crippen molar-refractivity contribution in [3.8, 4) is 0 Å². The van der Waals surface area contributed by atoms with Gasteiger partial charge in [-0.2, -0.15) is 0 Å². The number of benzene rings is 1. The summed E-state index contributed by atoms with van der Waals surface area (Å²) in [4.78, 5) is 10.8. The molecule has 0 radical (unpaired) electrons.